The Kier molecular flexibility index (Phi) is 29.0. The second-order valence-electron chi connectivity index (χ2n) is 42.6. The number of amides is 4. The van der Waals surface area contributed by atoms with Gasteiger partial charge in [0.25, 0.3) is 23.6 Å². The van der Waals surface area contributed by atoms with Crippen molar-refractivity contribution in [2.75, 3.05) is 99.5 Å². The van der Waals surface area contributed by atoms with E-state index < -0.39 is 5.82 Å². The topological polar surface area (TPSA) is 348 Å². The molecule has 33 heteroatoms. The number of halogens is 1. The van der Waals surface area contributed by atoms with Crippen LogP contribution in [0.1, 0.15) is 305 Å². The molecule has 13 aliphatic rings. The fourth-order valence-corrected chi connectivity index (χ4v) is 25.9. The Labute approximate surface area is 821 Å². The van der Waals surface area contributed by atoms with Crippen LogP contribution in [-0.2, 0) is 33.4 Å². The summed E-state index contributed by atoms with van der Waals surface area (Å²) >= 11 is 0. The van der Waals surface area contributed by atoms with E-state index in [1.807, 2.05) is 135 Å². The van der Waals surface area contributed by atoms with Gasteiger partial charge >= 0.3 is 0 Å². The van der Waals surface area contributed by atoms with Crippen molar-refractivity contribution >= 4 is 103 Å². The number of aromatic nitrogens is 15. The molecule has 0 radical (unpaired) electrons. The summed E-state index contributed by atoms with van der Waals surface area (Å²) in [4.78, 5) is 110. The van der Waals surface area contributed by atoms with E-state index in [2.05, 4.69) is 126 Å². The van der Waals surface area contributed by atoms with Gasteiger partial charge in [0.05, 0.1) is 34.5 Å². The number of rotatable bonds is 17. The predicted octanol–water partition coefficient (Wildman–Crippen LogP) is 17.7. The number of hydrogen-bond acceptors (Lipinski definition) is 24. The lowest BCUT2D eigenvalue weighted by molar-refractivity contribution is 0.0539. The van der Waals surface area contributed by atoms with Gasteiger partial charge < -0.3 is 85.1 Å². The number of benzene rings is 1. The number of hydrogen-bond donors (Lipinski definition) is 8. The van der Waals surface area contributed by atoms with Gasteiger partial charge in [-0.15, -0.1) is 0 Å². The Morgan fingerprint density at radius 1 is 0.329 bits per heavy atom. The average Bonchev–Trinajstić information content (AvgIpc) is 1.64. The number of pyridine rings is 1. The zero-order chi connectivity index (χ0) is 96.1. The molecular formula is C107H144FN27O5. The van der Waals surface area contributed by atoms with Crippen molar-refractivity contribution in [3.05, 3.63) is 150 Å². The Bertz CT molecular complexity index is 6100. The first-order valence-corrected chi connectivity index (χ1v) is 53.0. The zero-order valence-corrected chi connectivity index (χ0v) is 82.9. The van der Waals surface area contributed by atoms with Crippen LogP contribution in [0, 0.1) is 5.82 Å². The molecule has 1 aromatic carbocycles. The van der Waals surface area contributed by atoms with Gasteiger partial charge in [-0.3, -0.25) is 19.2 Å². The van der Waals surface area contributed by atoms with Crippen LogP contribution in [0.4, 0.5) is 39.9 Å². The smallest absolute Gasteiger partial charge is 0.270 e. The first-order chi connectivity index (χ1) is 68.3. The Morgan fingerprint density at radius 2 is 0.614 bits per heavy atom. The molecule has 1 saturated heterocycles. The lowest BCUT2D eigenvalue weighted by Gasteiger charge is -2.45. The van der Waals surface area contributed by atoms with Crippen LogP contribution in [-0.4, -0.2) is 238 Å². The summed E-state index contributed by atoms with van der Waals surface area (Å²) in [6.45, 7) is 9.77. The van der Waals surface area contributed by atoms with Crippen molar-refractivity contribution in [3.8, 4) is 0 Å². The minimum absolute atomic E-state index is 0.0303. The third-order valence-electron chi connectivity index (χ3n) is 32.9. The van der Waals surface area contributed by atoms with E-state index in [9.17, 15) is 23.6 Å². The molecule has 5 aliphatic heterocycles. The minimum Gasteiger partial charge on any atom is -0.381 e. The largest absolute Gasteiger partial charge is 0.381 e. The summed E-state index contributed by atoms with van der Waals surface area (Å²) in [5.74, 6) is 3.99. The van der Waals surface area contributed by atoms with Crippen molar-refractivity contribution in [2.45, 2.75) is 341 Å². The summed E-state index contributed by atoms with van der Waals surface area (Å²) in [5, 5.41) is 32.6. The van der Waals surface area contributed by atoms with E-state index in [0.29, 0.717) is 72.0 Å². The maximum atomic E-state index is 13.0. The van der Waals surface area contributed by atoms with E-state index >= 15 is 0 Å². The van der Waals surface area contributed by atoms with Crippen LogP contribution in [0.15, 0.2) is 116 Å². The summed E-state index contributed by atoms with van der Waals surface area (Å²) < 4.78 is 27.6. The quantitative estimate of drug-likeness (QED) is 0.0420. The molecule has 9 fully saturated rings. The molecule has 140 heavy (non-hydrogen) atoms. The molecule has 744 valence electrons. The molecule has 8 N–H and O–H groups in total. The van der Waals surface area contributed by atoms with Crippen LogP contribution >= 0.6 is 0 Å². The number of carbonyl (C=O) groups excluding carboxylic acids is 4. The standard InChI is InChI=1S/C28H36N6O.C26H33N7O.C26H38N6O2.C25H31FN8O.C2H6/c1-33-19-28(14-6-3-7-15-28)34-24(26(33)35)16-21-18-30-27(32-25(21)34)31-23-12-10-22(11-13-23)29-17-20-8-4-2-5-9-20;1-32-17-26(12-4-2-5-13-26)33-21(24(32)34)15-18-16-28-25(31-23(18)33)30-20-10-8-19(9-11-20)29-22-7-3-6-14-27-22;1-31-17-26(11-3-2-4-12-26)32-22(24(31)33)15-18-16-27-25(30-23(18)32)29-20-7-5-19(6-8-20)28-21-9-13-34-14-10-21;1-33-15-25(9-3-2-4-10-25)34-20(22(33)35)11-16-12-27-24(32-21(16)34)31-19-7-5-18(6-8-19)30-23-28-13-17(26)14-29-23;1-2/h2,4-5,8-9,16,18,22-23,29H,3,6-7,10-15,17,19H2,1H3,(H,30,31,32);3,6-7,14-16,19-20H,2,4-5,8-13,17H2,1H3,(H,27,29)(H,28,30,31);15-16,19-21,28H,2-14,17H2,1H3,(H,27,29,30);11-14,18-19H,2-10,15H2,1H3,(H,27,31,32)(H,28,29,30);1-2H3. The molecule has 0 bridgehead atoms. The molecule has 15 heterocycles. The molecule has 11 aromatic rings. The fraction of sp³-hybridized carbons (Fsp3) is 0.598. The zero-order valence-electron chi connectivity index (χ0n) is 82.9. The van der Waals surface area contributed by atoms with Crippen LogP contribution in [0.5, 0.6) is 0 Å². The maximum Gasteiger partial charge on any atom is 0.270 e. The van der Waals surface area contributed by atoms with Gasteiger partial charge in [0.2, 0.25) is 29.7 Å². The van der Waals surface area contributed by atoms with Gasteiger partial charge in [0, 0.05) is 181 Å². The number of carbonyl (C=O) groups is 4. The van der Waals surface area contributed by atoms with Gasteiger partial charge in [-0.2, -0.15) is 19.9 Å². The third kappa shape index (κ3) is 20.5. The SMILES string of the molecule is CC.CN1CC2(CCCCC2)n2c(cc3cnc(NC4CCC(NC5CCOCC5)CC4)nc32)C1=O.CN1CC2(CCCCC2)n2c(cc3cnc(NC4CCC(NCc5ccccc5)CC4)nc32)C1=O.CN1CC2(CCCCC2)n2c(cc3cnc(NC4CCC(Nc5ccccn5)CC4)nc32)C1=O.CN1CC2(CCCCC2)n2c(cc3cnc(NC4CCC(Nc5ncc(F)cn5)CC4)nc32)C1=O. The lowest BCUT2D eigenvalue weighted by atomic mass is 9.79. The van der Waals surface area contributed by atoms with E-state index in [1.54, 1.807) is 0 Å². The van der Waals surface area contributed by atoms with Crippen LogP contribution in [0.2, 0.25) is 0 Å². The second kappa shape index (κ2) is 42.3. The highest BCUT2D eigenvalue weighted by molar-refractivity contribution is 6.02. The van der Waals surface area contributed by atoms with Crippen LogP contribution in [0.3, 0.4) is 0 Å². The van der Waals surface area contributed by atoms with E-state index in [-0.39, 0.29) is 57.9 Å². The number of likely N-dealkylation sites (N-methyl/N-ethyl adjacent to an activating group) is 4. The molecule has 4 spiro atoms. The van der Waals surface area contributed by atoms with Crippen molar-refractivity contribution in [1.29, 1.82) is 0 Å². The lowest BCUT2D eigenvalue weighted by Crippen LogP contribution is -2.53. The molecule has 24 rings (SSSR count). The van der Waals surface area contributed by atoms with Crippen molar-refractivity contribution in [2.24, 2.45) is 0 Å². The first kappa shape index (κ1) is 95.9. The second-order valence-corrected chi connectivity index (χ2v) is 42.6. The summed E-state index contributed by atoms with van der Waals surface area (Å²) in [7, 11) is 7.71. The maximum absolute atomic E-state index is 13.0. The van der Waals surface area contributed by atoms with Gasteiger partial charge in [0.1, 0.15) is 51.2 Å². The Morgan fingerprint density at radius 3 is 0.936 bits per heavy atom. The molecule has 8 saturated carbocycles. The number of nitrogens with zero attached hydrogens (tertiary/aromatic N) is 19. The van der Waals surface area contributed by atoms with Crippen LogP contribution < -0.4 is 42.5 Å². The Hall–Kier alpha value is -11.6. The molecule has 32 nitrogen and oxygen atoms in total. The highest BCUT2D eigenvalue weighted by atomic mass is 19.1. The summed E-state index contributed by atoms with van der Waals surface area (Å²) in [6, 6.07) is 28.4. The van der Waals surface area contributed by atoms with Gasteiger partial charge in [-0.05, 0) is 209 Å². The highest BCUT2D eigenvalue weighted by Gasteiger charge is 2.49. The van der Waals surface area contributed by atoms with Gasteiger partial charge in [-0.1, -0.05) is 127 Å². The van der Waals surface area contributed by atoms with E-state index in [4.69, 9.17) is 24.7 Å². The van der Waals surface area contributed by atoms with Crippen LogP contribution in [0.25, 0.3) is 44.1 Å². The third-order valence-corrected chi connectivity index (χ3v) is 32.9. The van der Waals surface area contributed by atoms with Gasteiger partial charge in [-0.25, -0.2) is 39.3 Å². The molecule has 0 unspecified atom stereocenters. The number of fused-ring (bicyclic) bond motifs is 16. The van der Waals surface area contributed by atoms with E-state index in [0.717, 1.165) is 273 Å². The molecule has 10 aromatic heterocycles. The summed E-state index contributed by atoms with van der Waals surface area (Å²) in [5.41, 5.74) is 7.80. The van der Waals surface area contributed by atoms with Crippen molar-refractivity contribution < 1.29 is 28.3 Å². The predicted molar refractivity (Wildman–Crippen MR) is 546 cm³/mol. The summed E-state index contributed by atoms with van der Waals surface area (Å²) in [6.07, 6.45) is 54.7. The van der Waals surface area contributed by atoms with Gasteiger partial charge in [0.15, 0.2) is 5.82 Å². The van der Waals surface area contributed by atoms with Crippen molar-refractivity contribution in [3.63, 3.8) is 0 Å². The van der Waals surface area contributed by atoms with E-state index in [1.165, 1.54) is 108 Å². The number of anilines is 6. The molecule has 0 atom stereocenters. The normalized spacial score (nSPS) is 24.7. The monoisotopic (exact) mass is 1910 g/mol. The molecular weight excluding hydrogens is 1760 g/mol. The van der Waals surface area contributed by atoms with Crippen molar-refractivity contribution in [1.82, 2.24) is 103 Å². The molecule has 8 aliphatic carbocycles. The average molecular weight is 1910 g/mol. The number of ether oxygens (including phenoxy) is 1. The molecule has 4 amide bonds. The number of nitrogens with one attached hydrogen (secondary N) is 8. The highest BCUT2D eigenvalue weighted by Crippen LogP contribution is 2.48. The minimum atomic E-state index is -0.435. The fourth-order valence-electron chi connectivity index (χ4n) is 25.9. The first-order valence-electron chi connectivity index (χ1n) is 53.0. The Balaban J connectivity index is 0.000000114.